The zero-order valence-corrected chi connectivity index (χ0v) is 26.1. The van der Waals surface area contributed by atoms with E-state index in [0.717, 1.165) is 90.9 Å². The number of morpholine rings is 1. The molecule has 4 aromatic rings. The summed E-state index contributed by atoms with van der Waals surface area (Å²) in [6.07, 6.45) is 11.9. The topological polar surface area (TPSA) is 113 Å². The molecular weight excluding hydrogens is 556 g/mol. The number of benzene rings is 1. The first-order chi connectivity index (χ1) is 21.3. The van der Waals surface area contributed by atoms with E-state index < -0.39 is 5.60 Å². The zero-order chi connectivity index (χ0) is 30.3. The van der Waals surface area contributed by atoms with Crippen LogP contribution in [-0.4, -0.2) is 97.7 Å². The highest BCUT2D eigenvalue weighted by Crippen LogP contribution is 2.35. The Balaban J connectivity index is 1.05. The molecule has 1 amide bonds. The van der Waals surface area contributed by atoms with Gasteiger partial charge in [-0.15, -0.1) is 0 Å². The van der Waals surface area contributed by atoms with Gasteiger partial charge in [-0.05, 0) is 77.0 Å². The fourth-order valence-corrected chi connectivity index (χ4v) is 7.06. The predicted octanol–water partition coefficient (Wildman–Crippen LogP) is 5.60. The minimum Gasteiger partial charge on any atom is -0.444 e. The van der Waals surface area contributed by atoms with Crippen molar-refractivity contribution in [3.8, 4) is 11.1 Å². The number of hydrogen-bond acceptors (Lipinski definition) is 8. The Morgan fingerprint density at radius 1 is 0.977 bits per heavy atom. The lowest BCUT2D eigenvalue weighted by Crippen LogP contribution is -2.46. The van der Waals surface area contributed by atoms with Gasteiger partial charge in [-0.3, -0.25) is 9.58 Å². The zero-order valence-electron chi connectivity index (χ0n) is 26.1. The van der Waals surface area contributed by atoms with Crippen molar-refractivity contribution in [2.75, 3.05) is 44.7 Å². The molecule has 5 heterocycles. The molecule has 11 nitrogen and oxygen atoms in total. The molecular formula is C33H44N8O3. The summed E-state index contributed by atoms with van der Waals surface area (Å²) in [6, 6.07) is 7.80. The third-order valence-corrected chi connectivity index (χ3v) is 9.41. The summed E-state index contributed by atoms with van der Waals surface area (Å²) in [5.41, 5.74) is 3.59. The normalized spacial score (nSPS) is 22.5. The number of ether oxygens (including phenoxy) is 2. The molecule has 0 atom stereocenters. The number of rotatable bonds is 5. The van der Waals surface area contributed by atoms with Gasteiger partial charge in [0.15, 0.2) is 0 Å². The molecule has 3 aliphatic rings. The summed E-state index contributed by atoms with van der Waals surface area (Å²) < 4.78 is 13.2. The van der Waals surface area contributed by atoms with E-state index in [4.69, 9.17) is 19.6 Å². The average molecular weight is 601 g/mol. The lowest BCUT2D eigenvalue weighted by Gasteiger charge is -2.39. The molecule has 1 aromatic carbocycles. The number of piperidine rings is 1. The molecule has 2 N–H and O–H groups in total. The number of carbonyl (C=O) groups excluding carboxylic acids is 1. The van der Waals surface area contributed by atoms with Crippen molar-refractivity contribution in [2.45, 2.75) is 83.0 Å². The van der Waals surface area contributed by atoms with Crippen molar-refractivity contribution in [3.05, 3.63) is 36.9 Å². The molecule has 0 spiro atoms. The largest absolute Gasteiger partial charge is 0.444 e. The van der Waals surface area contributed by atoms with Crippen LogP contribution in [0.1, 0.15) is 65.3 Å². The van der Waals surface area contributed by atoms with E-state index in [9.17, 15) is 4.79 Å². The number of aromatic nitrogens is 5. The van der Waals surface area contributed by atoms with Crippen LogP contribution >= 0.6 is 0 Å². The highest BCUT2D eigenvalue weighted by atomic mass is 16.6. The van der Waals surface area contributed by atoms with E-state index in [1.54, 1.807) is 11.2 Å². The smallest absolute Gasteiger partial charge is 0.410 e. The van der Waals surface area contributed by atoms with E-state index in [-0.39, 0.29) is 12.1 Å². The number of anilines is 1. The Morgan fingerprint density at radius 2 is 1.75 bits per heavy atom. The molecule has 234 valence electrons. The Morgan fingerprint density at radius 3 is 2.50 bits per heavy atom. The van der Waals surface area contributed by atoms with Crippen LogP contribution in [0.15, 0.2) is 36.9 Å². The molecule has 0 bridgehead atoms. The van der Waals surface area contributed by atoms with Gasteiger partial charge in [0.2, 0.25) is 0 Å². The van der Waals surface area contributed by atoms with Crippen LogP contribution in [0.25, 0.3) is 33.1 Å². The number of hydrogen-bond donors (Lipinski definition) is 2. The van der Waals surface area contributed by atoms with Crippen LogP contribution in [0.2, 0.25) is 0 Å². The summed E-state index contributed by atoms with van der Waals surface area (Å²) in [4.78, 5) is 29.7. The van der Waals surface area contributed by atoms with E-state index in [2.05, 4.69) is 49.3 Å². The second-order valence-corrected chi connectivity index (χ2v) is 13.5. The third kappa shape index (κ3) is 6.12. The molecule has 2 aliphatic heterocycles. The molecule has 0 unspecified atom stereocenters. The third-order valence-electron chi connectivity index (χ3n) is 9.41. The van der Waals surface area contributed by atoms with Crippen molar-refractivity contribution in [2.24, 2.45) is 0 Å². The molecule has 7 rings (SSSR count). The van der Waals surface area contributed by atoms with Crippen LogP contribution in [0.3, 0.4) is 0 Å². The first kappa shape index (κ1) is 29.0. The first-order valence-corrected chi connectivity index (χ1v) is 16.2. The Labute approximate surface area is 258 Å². The molecule has 2 saturated heterocycles. The second kappa shape index (κ2) is 12.0. The highest BCUT2D eigenvalue weighted by molar-refractivity contribution is 6.12. The minimum atomic E-state index is -0.484. The molecule has 0 radical (unpaired) electrons. The maximum atomic E-state index is 12.5. The lowest BCUT2D eigenvalue weighted by molar-refractivity contribution is 0.00790. The number of H-pyrrole nitrogens is 1. The maximum absolute atomic E-state index is 12.5. The molecule has 1 saturated carbocycles. The monoisotopic (exact) mass is 600 g/mol. The number of carbonyl (C=O) groups is 1. The van der Waals surface area contributed by atoms with E-state index >= 15 is 0 Å². The van der Waals surface area contributed by atoms with Gasteiger partial charge in [0.1, 0.15) is 23.4 Å². The molecule has 1 aliphatic carbocycles. The van der Waals surface area contributed by atoms with Crippen LogP contribution < -0.4 is 5.32 Å². The second-order valence-electron chi connectivity index (χ2n) is 13.5. The standard InChI is InChI=1S/C33H44N8O3/c1-33(2,3)44-32(42)40-12-10-26(11-13-40)41-20-23(19-36-41)22-4-9-28-27(18-22)29-30(34-21-35-31(29)38-28)37-24-5-7-25(8-6-24)39-14-16-43-17-15-39/h4,9,18-21,24-26H,5-8,10-17H2,1-3H3,(H2,34,35,37,38)/t24-,25-. The van der Waals surface area contributed by atoms with Gasteiger partial charge in [0, 0.05) is 60.9 Å². The highest BCUT2D eigenvalue weighted by Gasteiger charge is 2.29. The molecule has 3 aromatic heterocycles. The van der Waals surface area contributed by atoms with E-state index in [1.165, 1.54) is 12.8 Å². The Hall–Kier alpha value is -3.70. The summed E-state index contributed by atoms with van der Waals surface area (Å²) in [7, 11) is 0. The lowest BCUT2D eigenvalue weighted by atomic mass is 9.90. The molecule has 11 heteroatoms. The fourth-order valence-electron chi connectivity index (χ4n) is 7.06. The van der Waals surface area contributed by atoms with Crippen molar-refractivity contribution >= 4 is 33.8 Å². The van der Waals surface area contributed by atoms with Crippen LogP contribution in [0.5, 0.6) is 0 Å². The van der Waals surface area contributed by atoms with Crippen molar-refractivity contribution in [1.82, 2.24) is 34.5 Å². The van der Waals surface area contributed by atoms with Crippen LogP contribution in [0.4, 0.5) is 10.6 Å². The molecule has 3 fully saturated rings. The van der Waals surface area contributed by atoms with Crippen LogP contribution in [0, 0.1) is 0 Å². The van der Waals surface area contributed by atoms with E-state index in [0.29, 0.717) is 25.2 Å². The minimum absolute atomic E-state index is 0.234. The van der Waals surface area contributed by atoms with Crippen molar-refractivity contribution in [3.63, 3.8) is 0 Å². The summed E-state index contributed by atoms with van der Waals surface area (Å²) in [6.45, 7) is 10.9. The number of nitrogens with one attached hydrogen (secondary N) is 2. The maximum Gasteiger partial charge on any atom is 0.410 e. The van der Waals surface area contributed by atoms with Gasteiger partial charge in [-0.2, -0.15) is 5.10 Å². The van der Waals surface area contributed by atoms with Gasteiger partial charge in [-0.25, -0.2) is 14.8 Å². The van der Waals surface area contributed by atoms with Gasteiger partial charge in [-0.1, -0.05) is 6.07 Å². The summed E-state index contributed by atoms with van der Waals surface area (Å²) in [5, 5.41) is 10.7. The van der Waals surface area contributed by atoms with Crippen LogP contribution in [-0.2, 0) is 9.47 Å². The van der Waals surface area contributed by atoms with Gasteiger partial charge in [0.25, 0.3) is 0 Å². The predicted molar refractivity (Wildman–Crippen MR) is 171 cm³/mol. The van der Waals surface area contributed by atoms with Gasteiger partial charge < -0.3 is 24.7 Å². The van der Waals surface area contributed by atoms with Gasteiger partial charge >= 0.3 is 6.09 Å². The first-order valence-electron chi connectivity index (χ1n) is 16.2. The van der Waals surface area contributed by atoms with E-state index in [1.807, 2.05) is 27.0 Å². The number of likely N-dealkylation sites (tertiary alicyclic amines) is 1. The summed E-state index contributed by atoms with van der Waals surface area (Å²) >= 11 is 0. The number of nitrogens with zero attached hydrogens (tertiary/aromatic N) is 6. The number of amides is 1. The Kier molecular flexibility index (Phi) is 7.92. The Bertz CT molecular complexity index is 1600. The number of aromatic amines is 1. The quantitative estimate of drug-likeness (QED) is 0.304. The van der Waals surface area contributed by atoms with Gasteiger partial charge in [0.05, 0.1) is 30.8 Å². The fraction of sp³-hybridized carbons (Fsp3) is 0.576. The van der Waals surface area contributed by atoms with Crippen molar-refractivity contribution < 1.29 is 14.3 Å². The summed E-state index contributed by atoms with van der Waals surface area (Å²) in [5.74, 6) is 0.903. The SMILES string of the molecule is CC(C)(C)OC(=O)N1CCC(n2cc(-c3ccc4[nH]c5ncnc(N[C@H]6CC[C@H](N7CCOCC7)CC6)c5c4c3)cn2)CC1. The average Bonchev–Trinajstić information content (AvgIpc) is 3.67. The molecule has 44 heavy (non-hydrogen) atoms. The van der Waals surface area contributed by atoms with Crippen molar-refractivity contribution in [1.29, 1.82) is 0 Å². The number of fused-ring (bicyclic) bond motifs is 3.